The molecule has 0 saturated carbocycles. The first-order valence-electron chi connectivity index (χ1n) is 7.67. The summed E-state index contributed by atoms with van der Waals surface area (Å²) in [6, 6.07) is 7.53. The minimum atomic E-state index is -0.106. The van der Waals surface area contributed by atoms with Crippen molar-refractivity contribution in [3.05, 3.63) is 35.3 Å². The average molecular weight is 331 g/mol. The number of hydrogen-bond acceptors (Lipinski definition) is 4. The zero-order valence-corrected chi connectivity index (χ0v) is 14.2. The SMILES string of the molecule is CCCCNC(=O)Cc1csc(-c2cccc(NC(C)=O)c2)n1. The van der Waals surface area contributed by atoms with Gasteiger partial charge in [0.15, 0.2) is 0 Å². The molecule has 0 saturated heterocycles. The number of nitrogens with zero attached hydrogens (tertiary/aromatic N) is 1. The summed E-state index contributed by atoms with van der Waals surface area (Å²) in [7, 11) is 0. The molecule has 0 aliphatic heterocycles. The summed E-state index contributed by atoms with van der Waals surface area (Å²) in [5.41, 5.74) is 2.44. The number of nitrogens with one attached hydrogen (secondary N) is 2. The lowest BCUT2D eigenvalue weighted by Gasteiger charge is -2.04. The lowest BCUT2D eigenvalue weighted by atomic mass is 10.2. The predicted molar refractivity (Wildman–Crippen MR) is 93.5 cm³/mol. The summed E-state index contributed by atoms with van der Waals surface area (Å²) in [4.78, 5) is 27.5. The quantitative estimate of drug-likeness (QED) is 0.765. The molecule has 6 heteroatoms. The lowest BCUT2D eigenvalue weighted by molar-refractivity contribution is -0.120. The number of rotatable bonds is 7. The molecule has 0 unspecified atom stereocenters. The highest BCUT2D eigenvalue weighted by molar-refractivity contribution is 7.13. The average Bonchev–Trinajstić information content (AvgIpc) is 2.95. The van der Waals surface area contributed by atoms with Gasteiger partial charge in [-0.1, -0.05) is 25.5 Å². The summed E-state index contributed by atoms with van der Waals surface area (Å²) in [5.74, 6) is -0.104. The highest BCUT2D eigenvalue weighted by Gasteiger charge is 2.09. The van der Waals surface area contributed by atoms with E-state index in [9.17, 15) is 9.59 Å². The maximum atomic E-state index is 11.8. The second-order valence-electron chi connectivity index (χ2n) is 5.29. The molecule has 1 aromatic carbocycles. The largest absolute Gasteiger partial charge is 0.356 e. The van der Waals surface area contributed by atoms with Crippen LogP contribution in [0.25, 0.3) is 10.6 Å². The first kappa shape index (κ1) is 17.1. The molecule has 2 N–H and O–H groups in total. The third-order valence-electron chi connectivity index (χ3n) is 3.18. The third-order valence-corrected chi connectivity index (χ3v) is 4.12. The van der Waals surface area contributed by atoms with E-state index in [-0.39, 0.29) is 11.8 Å². The van der Waals surface area contributed by atoms with Gasteiger partial charge in [-0.15, -0.1) is 11.3 Å². The number of benzene rings is 1. The van der Waals surface area contributed by atoms with E-state index in [2.05, 4.69) is 22.5 Å². The van der Waals surface area contributed by atoms with E-state index >= 15 is 0 Å². The van der Waals surface area contributed by atoms with Gasteiger partial charge >= 0.3 is 0 Å². The van der Waals surface area contributed by atoms with Gasteiger partial charge in [-0.3, -0.25) is 9.59 Å². The number of unbranched alkanes of at least 4 members (excludes halogenated alkanes) is 1. The highest BCUT2D eigenvalue weighted by atomic mass is 32.1. The zero-order chi connectivity index (χ0) is 16.7. The van der Waals surface area contributed by atoms with Gasteiger partial charge < -0.3 is 10.6 Å². The monoisotopic (exact) mass is 331 g/mol. The molecule has 5 nitrogen and oxygen atoms in total. The van der Waals surface area contributed by atoms with Crippen LogP contribution in [-0.2, 0) is 16.0 Å². The fraction of sp³-hybridized carbons (Fsp3) is 0.353. The first-order chi connectivity index (χ1) is 11.1. The fourth-order valence-electron chi connectivity index (χ4n) is 2.09. The van der Waals surface area contributed by atoms with Gasteiger partial charge in [-0.25, -0.2) is 4.98 Å². The van der Waals surface area contributed by atoms with Crippen molar-refractivity contribution in [2.24, 2.45) is 0 Å². The molecule has 23 heavy (non-hydrogen) atoms. The number of amides is 2. The number of carbonyl (C=O) groups excluding carboxylic acids is 2. The Hall–Kier alpha value is -2.21. The molecule has 0 bridgehead atoms. The summed E-state index contributed by atoms with van der Waals surface area (Å²) in [6.45, 7) is 4.28. The van der Waals surface area contributed by atoms with Crippen LogP contribution in [0, 0.1) is 0 Å². The zero-order valence-electron chi connectivity index (χ0n) is 13.4. The van der Waals surface area contributed by atoms with Crippen LogP contribution in [0.1, 0.15) is 32.4 Å². The van der Waals surface area contributed by atoms with E-state index < -0.39 is 0 Å². The number of hydrogen-bond donors (Lipinski definition) is 2. The van der Waals surface area contributed by atoms with Crippen LogP contribution >= 0.6 is 11.3 Å². The maximum Gasteiger partial charge on any atom is 0.226 e. The van der Waals surface area contributed by atoms with Gasteiger partial charge in [0.2, 0.25) is 11.8 Å². The van der Waals surface area contributed by atoms with Crippen molar-refractivity contribution in [3.8, 4) is 10.6 Å². The van der Waals surface area contributed by atoms with Crippen molar-refractivity contribution in [2.75, 3.05) is 11.9 Å². The Labute approximate surface area is 140 Å². The van der Waals surface area contributed by atoms with Crippen molar-refractivity contribution in [1.29, 1.82) is 0 Å². The van der Waals surface area contributed by atoms with E-state index in [0.29, 0.717) is 13.0 Å². The molecule has 2 aromatic rings. The standard InChI is InChI=1S/C17H21N3O2S/c1-3-4-8-18-16(22)10-15-11-23-17(20-15)13-6-5-7-14(9-13)19-12(2)21/h5-7,9,11H,3-4,8,10H2,1-2H3,(H,18,22)(H,19,21). The molecule has 1 aromatic heterocycles. The molecule has 0 aliphatic carbocycles. The van der Waals surface area contributed by atoms with Crippen LogP contribution in [-0.4, -0.2) is 23.3 Å². The third kappa shape index (κ3) is 5.49. The first-order valence-corrected chi connectivity index (χ1v) is 8.55. The second kappa shape index (κ2) is 8.43. The summed E-state index contributed by atoms with van der Waals surface area (Å²) < 4.78 is 0. The lowest BCUT2D eigenvalue weighted by Crippen LogP contribution is -2.26. The normalized spacial score (nSPS) is 10.3. The molecule has 0 fully saturated rings. The van der Waals surface area contributed by atoms with Gasteiger partial charge in [-0.05, 0) is 18.6 Å². The Morgan fingerprint density at radius 1 is 1.30 bits per heavy atom. The van der Waals surface area contributed by atoms with Crippen molar-refractivity contribution >= 4 is 28.8 Å². The minimum absolute atomic E-state index is 0.00213. The van der Waals surface area contributed by atoms with E-state index in [1.54, 1.807) is 0 Å². The van der Waals surface area contributed by atoms with E-state index in [1.165, 1.54) is 18.3 Å². The van der Waals surface area contributed by atoms with Crippen LogP contribution in [0.15, 0.2) is 29.6 Å². The van der Waals surface area contributed by atoms with Crippen LogP contribution < -0.4 is 10.6 Å². The van der Waals surface area contributed by atoms with Gasteiger partial charge in [0.05, 0.1) is 12.1 Å². The smallest absolute Gasteiger partial charge is 0.226 e. The Morgan fingerprint density at radius 2 is 2.13 bits per heavy atom. The van der Waals surface area contributed by atoms with Gasteiger partial charge in [0, 0.05) is 30.1 Å². The summed E-state index contributed by atoms with van der Waals surface area (Å²) in [5, 5.41) is 8.39. The molecule has 122 valence electrons. The molecule has 2 rings (SSSR count). The Morgan fingerprint density at radius 3 is 2.87 bits per heavy atom. The molecule has 2 amide bonds. The molecule has 0 aliphatic rings. The topological polar surface area (TPSA) is 71.1 Å². The molecule has 0 radical (unpaired) electrons. The van der Waals surface area contributed by atoms with Crippen molar-refractivity contribution in [3.63, 3.8) is 0 Å². The molecule has 1 heterocycles. The Bertz CT molecular complexity index is 682. The molecule has 0 spiro atoms. The van der Waals surface area contributed by atoms with Crippen molar-refractivity contribution < 1.29 is 9.59 Å². The second-order valence-corrected chi connectivity index (χ2v) is 6.14. The van der Waals surface area contributed by atoms with E-state index in [0.717, 1.165) is 34.8 Å². The Kier molecular flexibility index (Phi) is 6.29. The highest BCUT2D eigenvalue weighted by Crippen LogP contribution is 2.26. The van der Waals surface area contributed by atoms with Gasteiger partial charge in [0.1, 0.15) is 5.01 Å². The van der Waals surface area contributed by atoms with Crippen LogP contribution in [0.2, 0.25) is 0 Å². The fourth-order valence-corrected chi connectivity index (χ4v) is 2.90. The van der Waals surface area contributed by atoms with Gasteiger partial charge in [0.25, 0.3) is 0 Å². The van der Waals surface area contributed by atoms with Crippen molar-refractivity contribution in [1.82, 2.24) is 10.3 Å². The number of carbonyl (C=O) groups is 2. The summed E-state index contributed by atoms with van der Waals surface area (Å²) >= 11 is 1.50. The van der Waals surface area contributed by atoms with Crippen LogP contribution in [0.3, 0.4) is 0 Å². The molecular weight excluding hydrogens is 310 g/mol. The van der Waals surface area contributed by atoms with Crippen molar-refractivity contribution in [2.45, 2.75) is 33.1 Å². The maximum absolute atomic E-state index is 11.8. The van der Waals surface area contributed by atoms with E-state index in [1.807, 2.05) is 29.6 Å². The summed E-state index contributed by atoms with van der Waals surface area (Å²) in [6.07, 6.45) is 2.35. The number of thiazole rings is 1. The molecule has 0 atom stereocenters. The predicted octanol–water partition coefficient (Wildman–Crippen LogP) is 3.23. The van der Waals surface area contributed by atoms with E-state index in [4.69, 9.17) is 0 Å². The number of anilines is 1. The Balaban J connectivity index is 2.01. The van der Waals surface area contributed by atoms with Crippen LogP contribution in [0.5, 0.6) is 0 Å². The minimum Gasteiger partial charge on any atom is -0.356 e. The number of aromatic nitrogens is 1. The van der Waals surface area contributed by atoms with Crippen LogP contribution in [0.4, 0.5) is 5.69 Å². The molecular formula is C17H21N3O2S. The van der Waals surface area contributed by atoms with Gasteiger partial charge in [-0.2, -0.15) is 0 Å².